The Morgan fingerprint density at radius 1 is 0.746 bits per heavy atom. The van der Waals surface area contributed by atoms with Crippen LogP contribution in [0, 0.1) is 11.8 Å². The van der Waals surface area contributed by atoms with Crippen LogP contribution in [-0.4, -0.2) is 142 Å². The summed E-state index contributed by atoms with van der Waals surface area (Å²) in [5, 5.41) is 79.7. The quantitative estimate of drug-likeness (QED) is 0.0178. The van der Waals surface area contributed by atoms with Crippen molar-refractivity contribution in [3.63, 3.8) is 0 Å². The van der Waals surface area contributed by atoms with E-state index in [2.05, 4.69) is 6.92 Å². The van der Waals surface area contributed by atoms with Gasteiger partial charge in [0.05, 0.1) is 37.1 Å². The average Bonchev–Trinajstić information content (AvgIpc) is 3.31. The van der Waals surface area contributed by atoms with Gasteiger partial charge in [-0.1, -0.05) is 148 Å². The lowest BCUT2D eigenvalue weighted by molar-refractivity contribution is -0.166. The highest BCUT2D eigenvalue weighted by molar-refractivity contribution is 7.47. The molecule has 1 saturated carbocycles. The lowest BCUT2D eigenvalue weighted by Crippen LogP contribution is -2.56. The molecule has 0 aromatic rings. The summed E-state index contributed by atoms with van der Waals surface area (Å²) in [6, 6.07) is 0. The van der Waals surface area contributed by atoms with Gasteiger partial charge >= 0.3 is 27.6 Å². The third-order valence-corrected chi connectivity index (χ3v) is 14.8. The Labute approximate surface area is 421 Å². The van der Waals surface area contributed by atoms with Crippen LogP contribution in [0.5, 0.6) is 0 Å². The number of Topliss-reactive ketones (excluding diaryl/α,β-unsaturated/α-hetero) is 1. The Morgan fingerprint density at radius 2 is 1.28 bits per heavy atom. The standard InChI is InChI=1S/C49H90O20P2/c1-3-5-7-8-9-10-11-12-13-14-15-16-17-18-19-20-22-27-42(54)65-33-37-34-66-71(63,64)69-49-47(59)46(58)44(56)39(31-36(51)26-23-24-28-43(55)67-37)41(53)32-40(52)38(30-29-35(50)25-21-6-4-2)45(57)48(49)68-70(60,61)62/h29-30,35,37-41,44-50,52-53,56-59H,3-28,31-34H2,1-2H3,(H,63,64)(H2,60,61,62)/b30-29+/t35-,37+,38-,39-,40+,41-,44+,45+,46-,47+,48+,49-/m0/s1. The first-order chi connectivity index (χ1) is 33.7. The summed E-state index contributed by atoms with van der Waals surface area (Å²) >= 11 is 0. The molecule has 2 bridgehead atoms. The maximum atomic E-state index is 13.7. The van der Waals surface area contributed by atoms with E-state index in [1.165, 1.54) is 77.0 Å². The minimum atomic E-state index is -5.81. The van der Waals surface area contributed by atoms with E-state index >= 15 is 0 Å². The Balaban J connectivity index is 2.24. The van der Waals surface area contributed by atoms with Crippen LogP contribution in [0.15, 0.2) is 12.2 Å². The molecule has 2 fully saturated rings. The molecule has 22 heteroatoms. The molecule has 2 rings (SSSR count). The highest BCUT2D eigenvalue weighted by Gasteiger charge is 2.52. The number of ketones is 1. The second-order valence-corrected chi connectivity index (χ2v) is 22.2. The molecule has 0 radical (unpaired) electrons. The van der Waals surface area contributed by atoms with Crippen LogP contribution in [0.2, 0.25) is 0 Å². The van der Waals surface area contributed by atoms with Crippen LogP contribution in [0.3, 0.4) is 0 Å². The first-order valence-electron chi connectivity index (χ1n) is 26.4. The predicted molar refractivity (Wildman–Crippen MR) is 262 cm³/mol. The number of aliphatic hydroxyl groups is 7. The van der Waals surface area contributed by atoms with Crippen LogP contribution in [0.4, 0.5) is 0 Å². The van der Waals surface area contributed by atoms with Gasteiger partial charge in [0.1, 0.15) is 36.8 Å². The van der Waals surface area contributed by atoms with Gasteiger partial charge in [0.2, 0.25) is 0 Å². The SMILES string of the molecule is CCCCCCCCCCCCCCCCCCCC(=O)OC[C@@H]1COP(=O)(O)O[C@H]2[C@H](O)[C@@H](O)[C@H](O)[C@@H](CC(=O)CCCCC(=O)O1)[C@@H](O)C[C@@H](O)[C@H](/C=C/[C@@H](O)CCCCC)[C@@H](O)[C@H]2OP(=O)(O)O. The fraction of sp³-hybridized carbons (Fsp3) is 0.898. The fourth-order valence-electron chi connectivity index (χ4n) is 9.08. The van der Waals surface area contributed by atoms with Gasteiger partial charge in [-0.15, -0.1) is 0 Å². The highest BCUT2D eigenvalue weighted by atomic mass is 31.2. The van der Waals surface area contributed by atoms with Crippen molar-refractivity contribution < 1.29 is 97.0 Å². The Bertz CT molecular complexity index is 1600. The summed E-state index contributed by atoms with van der Waals surface area (Å²) < 4.78 is 52.1. The molecule has 0 amide bonds. The van der Waals surface area contributed by atoms with Gasteiger partial charge in [0, 0.05) is 43.9 Å². The van der Waals surface area contributed by atoms with E-state index in [4.69, 9.17) is 23.0 Å². The summed E-state index contributed by atoms with van der Waals surface area (Å²) in [7, 11) is -11.5. The Morgan fingerprint density at radius 3 is 1.85 bits per heavy atom. The summed E-state index contributed by atoms with van der Waals surface area (Å²) in [4.78, 5) is 70.1. The number of phosphoric ester groups is 2. The number of rotatable bonds is 28. The minimum absolute atomic E-state index is 0.0351. The van der Waals surface area contributed by atoms with Crippen molar-refractivity contribution in [2.45, 2.75) is 255 Å². The van der Waals surface area contributed by atoms with Crippen molar-refractivity contribution in [3.05, 3.63) is 12.2 Å². The largest absolute Gasteiger partial charge is 0.472 e. The first-order valence-corrected chi connectivity index (χ1v) is 29.4. The van der Waals surface area contributed by atoms with E-state index in [9.17, 15) is 73.9 Å². The van der Waals surface area contributed by atoms with Crippen molar-refractivity contribution >= 4 is 33.4 Å². The Kier molecular flexibility index (Phi) is 33.4. The number of carbonyl (C=O) groups excluding carboxylic acids is 3. The van der Waals surface area contributed by atoms with E-state index in [0.29, 0.717) is 12.8 Å². The van der Waals surface area contributed by atoms with E-state index in [0.717, 1.165) is 50.7 Å². The number of phosphoric acid groups is 2. The second kappa shape index (κ2) is 36.3. The molecule has 1 aliphatic carbocycles. The zero-order chi connectivity index (χ0) is 52.8. The summed E-state index contributed by atoms with van der Waals surface area (Å²) in [5.74, 6) is -5.54. The second-order valence-electron chi connectivity index (χ2n) is 19.6. The monoisotopic (exact) mass is 1060 g/mol. The minimum Gasteiger partial charge on any atom is -0.462 e. The highest BCUT2D eigenvalue weighted by Crippen LogP contribution is 2.50. The molecule has 10 N–H and O–H groups in total. The summed E-state index contributed by atoms with van der Waals surface area (Å²) in [5.41, 5.74) is 0. The molecule has 0 spiro atoms. The molecule has 20 nitrogen and oxygen atoms in total. The third-order valence-electron chi connectivity index (χ3n) is 13.3. The molecular weight excluding hydrogens is 970 g/mol. The number of cyclic esters (lactones) is 1. The van der Waals surface area contributed by atoms with Crippen molar-refractivity contribution in [1.29, 1.82) is 0 Å². The van der Waals surface area contributed by atoms with Gasteiger partial charge in [-0.05, 0) is 25.7 Å². The van der Waals surface area contributed by atoms with Crippen molar-refractivity contribution in [2.75, 3.05) is 13.2 Å². The van der Waals surface area contributed by atoms with Gasteiger partial charge in [0.25, 0.3) is 0 Å². The van der Waals surface area contributed by atoms with Crippen LogP contribution in [0.1, 0.15) is 194 Å². The van der Waals surface area contributed by atoms with Gasteiger partial charge in [-0.25, -0.2) is 9.13 Å². The number of aliphatic hydroxyl groups excluding tert-OH is 7. The van der Waals surface area contributed by atoms with Crippen LogP contribution in [-0.2, 0) is 46.6 Å². The van der Waals surface area contributed by atoms with Crippen molar-refractivity contribution in [2.24, 2.45) is 11.8 Å². The van der Waals surface area contributed by atoms with Gasteiger partial charge in [-0.3, -0.25) is 28.0 Å². The smallest absolute Gasteiger partial charge is 0.462 e. The van der Waals surface area contributed by atoms with Crippen LogP contribution >= 0.6 is 15.6 Å². The van der Waals surface area contributed by atoms with Crippen molar-refractivity contribution in [1.82, 2.24) is 0 Å². The number of unbranched alkanes of at least 4 members (excludes halogenated alkanes) is 18. The molecule has 1 heterocycles. The number of carbonyl (C=O) groups is 3. The number of hydrogen-bond donors (Lipinski definition) is 10. The van der Waals surface area contributed by atoms with E-state index < -0.39 is 132 Å². The third kappa shape index (κ3) is 28.1. The number of esters is 2. The molecule has 2 aliphatic rings. The lowest BCUT2D eigenvalue weighted by Gasteiger charge is -2.38. The normalized spacial score (nSPS) is 30.7. The average molecular weight is 1060 g/mol. The van der Waals surface area contributed by atoms with Crippen molar-refractivity contribution in [3.8, 4) is 0 Å². The van der Waals surface area contributed by atoms with Crippen LogP contribution in [0.25, 0.3) is 0 Å². The number of fused-ring (bicyclic) bond motifs is 4. The molecule has 1 aliphatic heterocycles. The molecule has 1 saturated heterocycles. The van der Waals surface area contributed by atoms with Crippen LogP contribution < -0.4 is 0 Å². The van der Waals surface area contributed by atoms with Gasteiger partial charge in [0.15, 0.2) is 6.10 Å². The van der Waals surface area contributed by atoms with Gasteiger partial charge in [-0.2, -0.15) is 0 Å². The van der Waals surface area contributed by atoms with E-state index in [-0.39, 0.29) is 38.5 Å². The zero-order valence-electron chi connectivity index (χ0n) is 42.2. The fourth-order valence-corrected chi connectivity index (χ4v) is 10.6. The molecule has 0 aromatic heterocycles. The summed E-state index contributed by atoms with van der Waals surface area (Å²) in [6.07, 6.45) is 0.797. The summed E-state index contributed by atoms with van der Waals surface area (Å²) in [6.45, 7) is 2.50. The van der Waals surface area contributed by atoms with E-state index in [1.54, 1.807) is 0 Å². The molecule has 416 valence electrons. The predicted octanol–water partition coefficient (Wildman–Crippen LogP) is 6.30. The number of hydrogen-bond acceptors (Lipinski definition) is 17. The molecular formula is C49H90O20P2. The molecule has 1 unspecified atom stereocenters. The lowest BCUT2D eigenvalue weighted by atomic mass is 9.82. The first kappa shape index (κ1) is 65.4. The zero-order valence-corrected chi connectivity index (χ0v) is 44.0. The Hall–Kier alpha value is -1.71. The maximum absolute atomic E-state index is 13.7. The van der Waals surface area contributed by atoms with E-state index in [1.807, 2.05) is 6.92 Å². The molecule has 71 heavy (non-hydrogen) atoms. The number of ether oxygens (including phenoxy) is 2. The molecule has 0 aromatic carbocycles. The maximum Gasteiger partial charge on any atom is 0.472 e. The molecule has 13 atom stereocenters. The topological polar surface area (TPSA) is 334 Å². The van der Waals surface area contributed by atoms with Gasteiger partial charge < -0.3 is 59.9 Å².